The highest BCUT2D eigenvalue weighted by molar-refractivity contribution is 6.42. The van der Waals surface area contributed by atoms with Gasteiger partial charge in [-0.1, -0.05) is 29.3 Å². The molecule has 0 aliphatic heterocycles. The maximum absolute atomic E-state index is 11.3. The first-order chi connectivity index (χ1) is 6.56. The number of rotatable bonds is 3. The van der Waals surface area contributed by atoms with E-state index in [9.17, 15) is 4.79 Å². The van der Waals surface area contributed by atoms with Gasteiger partial charge in [-0.2, -0.15) is 0 Å². The minimum atomic E-state index is -0.0135. The summed E-state index contributed by atoms with van der Waals surface area (Å²) in [6, 6.07) is 3.31. The Bertz CT molecular complexity index is 383. The SMILES string of the molecule is C=CCc1cc(Cl)c(Cl)cc1C(C)=O. The second-order valence-corrected chi connectivity index (χ2v) is 3.79. The second kappa shape index (κ2) is 4.63. The highest BCUT2D eigenvalue weighted by Crippen LogP contribution is 2.26. The van der Waals surface area contributed by atoms with Crippen molar-refractivity contribution in [2.24, 2.45) is 0 Å². The van der Waals surface area contributed by atoms with Crippen molar-refractivity contribution in [3.63, 3.8) is 0 Å². The summed E-state index contributed by atoms with van der Waals surface area (Å²) in [5, 5.41) is 0.873. The van der Waals surface area contributed by atoms with Crippen LogP contribution < -0.4 is 0 Å². The molecule has 74 valence electrons. The fourth-order valence-corrected chi connectivity index (χ4v) is 1.59. The van der Waals surface area contributed by atoms with Crippen LogP contribution in [0.2, 0.25) is 10.0 Å². The quantitative estimate of drug-likeness (QED) is 0.567. The summed E-state index contributed by atoms with van der Waals surface area (Å²) in [4.78, 5) is 11.3. The van der Waals surface area contributed by atoms with Crippen molar-refractivity contribution in [2.45, 2.75) is 13.3 Å². The van der Waals surface area contributed by atoms with Crippen LogP contribution in [-0.4, -0.2) is 5.78 Å². The number of allylic oxidation sites excluding steroid dienone is 1. The van der Waals surface area contributed by atoms with E-state index < -0.39 is 0 Å². The van der Waals surface area contributed by atoms with Crippen LogP contribution in [0.3, 0.4) is 0 Å². The normalized spacial score (nSPS) is 9.93. The van der Waals surface area contributed by atoms with Gasteiger partial charge in [-0.15, -0.1) is 6.58 Å². The van der Waals surface area contributed by atoms with Gasteiger partial charge in [0.1, 0.15) is 0 Å². The lowest BCUT2D eigenvalue weighted by Gasteiger charge is -2.06. The number of benzene rings is 1. The van der Waals surface area contributed by atoms with Crippen molar-refractivity contribution in [1.82, 2.24) is 0 Å². The number of halogens is 2. The molecule has 1 rings (SSSR count). The van der Waals surface area contributed by atoms with Gasteiger partial charge in [0, 0.05) is 5.56 Å². The minimum absolute atomic E-state index is 0.0135. The van der Waals surface area contributed by atoms with E-state index in [2.05, 4.69) is 6.58 Å². The lowest BCUT2D eigenvalue weighted by molar-refractivity contribution is 0.101. The summed E-state index contributed by atoms with van der Waals surface area (Å²) >= 11 is 11.7. The standard InChI is InChI=1S/C11H10Cl2O/c1-3-4-8-5-10(12)11(13)6-9(8)7(2)14/h3,5-6H,1,4H2,2H3. The number of Topliss-reactive ketones (excluding diaryl/α,β-unsaturated/α-hetero) is 1. The summed E-state index contributed by atoms with van der Waals surface area (Å²) in [6.07, 6.45) is 2.35. The Morgan fingerprint density at radius 2 is 2.00 bits per heavy atom. The molecule has 0 spiro atoms. The molecule has 0 aliphatic carbocycles. The van der Waals surface area contributed by atoms with Gasteiger partial charge in [-0.05, 0) is 31.0 Å². The van der Waals surface area contributed by atoms with Crippen LogP contribution in [0.1, 0.15) is 22.8 Å². The van der Waals surface area contributed by atoms with E-state index >= 15 is 0 Å². The van der Waals surface area contributed by atoms with Crippen LogP contribution in [0.25, 0.3) is 0 Å². The van der Waals surface area contributed by atoms with E-state index in [1.165, 1.54) is 6.92 Å². The number of carbonyl (C=O) groups excluding carboxylic acids is 1. The maximum atomic E-state index is 11.3. The van der Waals surface area contributed by atoms with Gasteiger partial charge in [-0.25, -0.2) is 0 Å². The first kappa shape index (κ1) is 11.3. The lowest BCUT2D eigenvalue weighted by atomic mass is 10.0. The van der Waals surface area contributed by atoms with Crippen molar-refractivity contribution < 1.29 is 4.79 Å². The van der Waals surface area contributed by atoms with E-state index in [1.807, 2.05) is 0 Å². The predicted octanol–water partition coefficient (Wildman–Crippen LogP) is 3.92. The summed E-state index contributed by atoms with van der Waals surface area (Å²) < 4.78 is 0. The van der Waals surface area contributed by atoms with Gasteiger partial charge in [0.05, 0.1) is 10.0 Å². The summed E-state index contributed by atoms with van der Waals surface area (Å²) in [7, 11) is 0. The molecule has 14 heavy (non-hydrogen) atoms. The van der Waals surface area contributed by atoms with Crippen molar-refractivity contribution in [3.8, 4) is 0 Å². The van der Waals surface area contributed by atoms with E-state index in [-0.39, 0.29) is 5.78 Å². The van der Waals surface area contributed by atoms with Crippen LogP contribution in [0, 0.1) is 0 Å². The van der Waals surface area contributed by atoms with Gasteiger partial charge >= 0.3 is 0 Å². The Labute approximate surface area is 93.3 Å². The van der Waals surface area contributed by atoms with Gasteiger partial charge in [0.2, 0.25) is 0 Å². The second-order valence-electron chi connectivity index (χ2n) is 2.97. The van der Waals surface area contributed by atoms with Crippen molar-refractivity contribution in [2.75, 3.05) is 0 Å². The molecule has 0 fully saturated rings. The molecule has 0 amide bonds. The number of ketones is 1. The molecular formula is C11H10Cl2O. The third kappa shape index (κ3) is 2.37. The molecule has 1 aromatic rings. The molecule has 0 unspecified atom stereocenters. The van der Waals surface area contributed by atoms with Crippen LogP contribution in [-0.2, 0) is 6.42 Å². The third-order valence-corrected chi connectivity index (χ3v) is 2.61. The van der Waals surface area contributed by atoms with E-state index in [0.717, 1.165) is 5.56 Å². The molecule has 0 bridgehead atoms. The first-order valence-corrected chi connectivity index (χ1v) is 4.91. The fraction of sp³-hybridized carbons (Fsp3) is 0.182. The zero-order valence-corrected chi connectivity index (χ0v) is 9.32. The Morgan fingerprint density at radius 3 is 2.50 bits per heavy atom. The zero-order valence-electron chi connectivity index (χ0n) is 7.81. The smallest absolute Gasteiger partial charge is 0.160 e. The largest absolute Gasteiger partial charge is 0.294 e. The molecule has 0 saturated carbocycles. The molecule has 1 aromatic carbocycles. The van der Waals surface area contributed by atoms with Crippen molar-refractivity contribution >= 4 is 29.0 Å². The summed E-state index contributed by atoms with van der Waals surface area (Å²) in [6.45, 7) is 5.13. The monoisotopic (exact) mass is 228 g/mol. The van der Waals surface area contributed by atoms with Crippen LogP contribution in [0.15, 0.2) is 24.8 Å². The molecule has 0 saturated heterocycles. The topological polar surface area (TPSA) is 17.1 Å². The third-order valence-electron chi connectivity index (χ3n) is 1.89. The Hall–Kier alpha value is -0.790. The zero-order chi connectivity index (χ0) is 10.7. The lowest BCUT2D eigenvalue weighted by Crippen LogP contribution is -1.99. The maximum Gasteiger partial charge on any atom is 0.160 e. The van der Waals surface area contributed by atoms with Crippen LogP contribution >= 0.6 is 23.2 Å². The van der Waals surface area contributed by atoms with E-state index in [0.29, 0.717) is 22.0 Å². The molecule has 3 heteroatoms. The Balaban J connectivity index is 3.30. The van der Waals surface area contributed by atoms with Gasteiger partial charge in [0.25, 0.3) is 0 Å². The predicted molar refractivity (Wildman–Crippen MR) is 60.4 cm³/mol. The number of carbonyl (C=O) groups is 1. The van der Waals surface area contributed by atoms with Gasteiger partial charge < -0.3 is 0 Å². The molecule has 0 heterocycles. The van der Waals surface area contributed by atoms with E-state index in [4.69, 9.17) is 23.2 Å². The molecule has 0 radical (unpaired) electrons. The molecule has 1 nitrogen and oxygen atoms in total. The number of hydrogen-bond donors (Lipinski definition) is 0. The number of hydrogen-bond acceptors (Lipinski definition) is 1. The van der Waals surface area contributed by atoms with Crippen LogP contribution in [0.4, 0.5) is 0 Å². The van der Waals surface area contributed by atoms with Gasteiger partial charge in [-0.3, -0.25) is 4.79 Å². The Kier molecular flexibility index (Phi) is 3.73. The van der Waals surface area contributed by atoms with Gasteiger partial charge in [0.15, 0.2) is 5.78 Å². The molecule has 0 aromatic heterocycles. The summed E-state index contributed by atoms with van der Waals surface area (Å²) in [5.74, 6) is -0.0135. The molecular weight excluding hydrogens is 219 g/mol. The average molecular weight is 229 g/mol. The molecule has 0 N–H and O–H groups in total. The van der Waals surface area contributed by atoms with Crippen LogP contribution in [0.5, 0.6) is 0 Å². The average Bonchev–Trinajstić information content (AvgIpc) is 2.11. The summed E-state index contributed by atoms with van der Waals surface area (Å²) in [5.41, 5.74) is 1.47. The van der Waals surface area contributed by atoms with Crippen molar-refractivity contribution in [1.29, 1.82) is 0 Å². The highest BCUT2D eigenvalue weighted by atomic mass is 35.5. The first-order valence-electron chi connectivity index (χ1n) is 4.16. The molecule has 0 aliphatic rings. The molecule has 0 atom stereocenters. The van der Waals surface area contributed by atoms with E-state index in [1.54, 1.807) is 18.2 Å². The Morgan fingerprint density at radius 1 is 1.43 bits per heavy atom. The fourth-order valence-electron chi connectivity index (χ4n) is 1.24. The minimum Gasteiger partial charge on any atom is -0.294 e. The highest BCUT2D eigenvalue weighted by Gasteiger charge is 2.09. The van der Waals surface area contributed by atoms with Crippen molar-refractivity contribution in [3.05, 3.63) is 46.0 Å².